The van der Waals surface area contributed by atoms with Crippen molar-refractivity contribution in [3.8, 4) is 22.9 Å². The molecule has 1 fully saturated rings. The van der Waals surface area contributed by atoms with Crippen LogP contribution in [0.15, 0.2) is 72.8 Å². The van der Waals surface area contributed by atoms with Gasteiger partial charge in [0.25, 0.3) is 0 Å². The molecule has 1 saturated heterocycles. The van der Waals surface area contributed by atoms with E-state index in [1.807, 2.05) is 47.1 Å². The highest BCUT2D eigenvalue weighted by molar-refractivity contribution is 5.61. The molecule has 0 radical (unpaired) electrons. The maximum absolute atomic E-state index is 6.24. The van der Waals surface area contributed by atoms with Crippen LogP contribution in [0.3, 0.4) is 0 Å². The van der Waals surface area contributed by atoms with Gasteiger partial charge in [0.2, 0.25) is 0 Å². The van der Waals surface area contributed by atoms with Gasteiger partial charge in [0, 0.05) is 17.7 Å². The van der Waals surface area contributed by atoms with E-state index in [0.29, 0.717) is 13.2 Å². The number of rotatable bonds is 7. The zero-order valence-electron chi connectivity index (χ0n) is 20.1. The SMILES string of the molecule is CC1(C)Oc2ccc(-c3nnnn3CCc3ccc(OCc4ccccc4)cc3)cc2C2OC21C. The molecule has 6 rings (SSSR count). The second-order valence-electron chi connectivity index (χ2n) is 9.86. The average Bonchev–Trinajstić information content (AvgIpc) is 3.38. The average molecular weight is 469 g/mol. The van der Waals surface area contributed by atoms with E-state index >= 15 is 0 Å². The van der Waals surface area contributed by atoms with Gasteiger partial charge in [-0.3, -0.25) is 0 Å². The third-order valence-corrected chi connectivity index (χ3v) is 7.23. The molecule has 3 aromatic carbocycles. The summed E-state index contributed by atoms with van der Waals surface area (Å²) in [5.41, 5.74) is 3.70. The Balaban J connectivity index is 1.13. The summed E-state index contributed by atoms with van der Waals surface area (Å²) in [7, 11) is 0. The van der Waals surface area contributed by atoms with Crippen LogP contribution in [0.2, 0.25) is 0 Å². The number of fused-ring (bicyclic) bond motifs is 3. The Labute approximate surface area is 204 Å². The van der Waals surface area contributed by atoms with Crippen LogP contribution in [0.25, 0.3) is 11.4 Å². The minimum absolute atomic E-state index is 0.0353. The maximum atomic E-state index is 6.24. The van der Waals surface area contributed by atoms with Crippen LogP contribution in [0.5, 0.6) is 11.5 Å². The molecule has 1 aromatic heterocycles. The van der Waals surface area contributed by atoms with E-state index < -0.39 is 0 Å². The molecule has 0 aliphatic carbocycles. The van der Waals surface area contributed by atoms with Crippen molar-refractivity contribution in [3.05, 3.63) is 89.5 Å². The van der Waals surface area contributed by atoms with Gasteiger partial charge in [-0.2, -0.15) is 0 Å². The van der Waals surface area contributed by atoms with Gasteiger partial charge in [-0.05, 0) is 79.1 Å². The fraction of sp³-hybridized carbons (Fsp3) is 0.321. The number of benzene rings is 3. The van der Waals surface area contributed by atoms with Crippen molar-refractivity contribution in [2.24, 2.45) is 0 Å². The molecular formula is C28H28N4O3. The maximum Gasteiger partial charge on any atom is 0.182 e. The van der Waals surface area contributed by atoms with E-state index in [9.17, 15) is 0 Å². The molecule has 2 aliphatic rings. The summed E-state index contributed by atoms with van der Waals surface area (Å²) in [6, 6.07) is 24.5. The van der Waals surface area contributed by atoms with E-state index in [1.165, 1.54) is 5.56 Å². The zero-order chi connectivity index (χ0) is 24.0. The summed E-state index contributed by atoms with van der Waals surface area (Å²) < 4.78 is 20.1. The number of epoxide rings is 1. The third kappa shape index (κ3) is 3.96. The Bertz CT molecular complexity index is 1350. The normalized spacial score (nSPS) is 21.5. The number of aryl methyl sites for hydroxylation is 2. The van der Waals surface area contributed by atoms with Crippen molar-refractivity contribution in [1.82, 2.24) is 20.2 Å². The number of nitrogens with zero attached hydrogens (tertiary/aromatic N) is 4. The molecule has 35 heavy (non-hydrogen) atoms. The number of hydrogen-bond donors (Lipinski definition) is 0. The Morgan fingerprint density at radius 3 is 2.54 bits per heavy atom. The van der Waals surface area contributed by atoms with E-state index in [4.69, 9.17) is 14.2 Å². The van der Waals surface area contributed by atoms with Crippen LogP contribution in [0.4, 0.5) is 0 Å². The fourth-order valence-electron chi connectivity index (χ4n) is 4.68. The lowest BCUT2D eigenvalue weighted by atomic mass is 9.83. The Kier molecular flexibility index (Phi) is 5.11. The first-order valence-corrected chi connectivity index (χ1v) is 12.0. The molecular weight excluding hydrogens is 440 g/mol. The van der Waals surface area contributed by atoms with Gasteiger partial charge in [0.15, 0.2) is 5.82 Å². The van der Waals surface area contributed by atoms with Crippen LogP contribution in [-0.2, 0) is 24.3 Å². The molecule has 0 spiro atoms. The van der Waals surface area contributed by atoms with Gasteiger partial charge in [0.05, 0.1) is 0 Å². The van der Waals surface area contributed by atoms with Crippen molar-refractivity contribution in [2.75, 3.05) is 0 Å². The quantitative estimate of drug-likeness (QED) is 0.349. The molecule has 0 amide bonds. The van der Waals surface area contributed by atoms with E-state index in [2.05, 4.69) is 66.6 Å². The third-order valence-electron chi connectivity index (χ3n) is 7.23. The first-order valence-electron chi connectivity index (χ1n) is 12.0. The van der Waals surface area contributed by atoms with Crippen LogP contribution >= 0.6 is 0 Å². The minimum atomic E-state index is -0.365. The highest BCUT2D eigenvalue weighted by Crippen LogP contribution is 2.62. The molecule has 0 N–H and O–H groups in total. The zero-order valence-corrected chi connectivity index (χ0v) is 20.1. The van der Waals surface area contributed by atoms with Crippen molar-refractivity contribution < 1.29 is 14.2 Å². The van der Waals surface area contributed by atoms with Crippen molar-refractivity contribution in [2.45, 2.75) is 57.6 Å². The smallest absolute Gasteiger partial charge is 0.182 e. The molecule has 0 bridgehead atoms. The molecule has 2 aliphatic heterocycles. The van der Waals surface area contributed by atoms with Gasteiger partial charge >= 0.3 is 0 Å². The van der Waals surface area contributed by atoms with Gasteiger partial charge in [-0.25, -0.2) is 4.68 Å². The lowest BCUT2D eigenvalue weighted by Crippen LogP contribution is -2.45. The standard InChI is InChI=1S/C28H28N4O3/c1-27(2)28(3)25(35-28)23-17-21(11-14-24(23)34-27)26-29-30-31-32(26)16-15-19-9-12-22(13-10-19)33-18-20-7-5-4-6-8-20/h4-14,17,25H,15-16,18H2,1-3H3. The first-order chi connectivity index (χ1) is 16.9. The number of hydrogen-bond acceptors (Lipinski definition) is 6. The summed E-state index contributed by atoms with van der Waals surface area (Å²) in [6.45, 7) is 7.49. The molecule has 178 valence electrons. The number of aromatic nitrogens is 4. The molecule has 0 saturated carbocycles. The second-order valence-corrected chi connectivity index (χ2v) is 9.86. The summed E-state index contributed by atoms with van der Waals surface area (Å²) in [6.07, 6.45) is 0.844. The van der Waals surface area contributed by atoms with Gasteiger partial charge in [-0.15, -0.1) is 5.10 Å². The van der Waals surface area contributed by atoms with Crippen LogP contribution in [0.1, 0.15) is 43.6 Å². The number of tetrazole rings is 1. The summed E-state index contributed by atoms with van der Waals surface area (Å²) in [4.78, 5) is 0. The summed E-state index contributed by atoms with van der Waals surface area (Å²) in [5, 5.41) is 12.5. The van der Waals surface area contributed by atoms with Crippen LogP contribution < -0.4 is 9.47 Å². The Morgan fingerprint density at radius 2 is 1.74 bits per heavy atom. The van der Waals surface area contributed by atoms with Crippen molar-refractivity contribution >= 4 is 0 Å². The first kappa shape index (κ1) is 21.8. The fourth-order valence-corrected chi connectivity index (χ4v) is 4.68. The predicted octanol–water partition coefficient (Wildman–Crippen LogP) is 5.16. The summed E-state index contributed by atoms with van der Waals surface area (Å²) >= 11 is 0. The van der Waals surface area contributed by atoms with Gasteiger partial charge in [0.1, 0.15) is 35.4 Å². The Hall–Kier alpha value is -3.71. The van der Waals surface area contributed by atoms with Gasteiger partial charge < -0.3 is 14.2 Å². The Morgan fingerprint density at radius 1 is 0.943 bits per heavy atom. The topological polar surface area (TPSA) is 74.6 Å². The highest BCUT2D eigenvalue weighted by atomic mass is 16.7. The highest BCUT2D eigenvalue weighted by Gasteiger charge is 2.67. The number of ether oxygens (including phenoxy) is 3. The molecule has 2 unspecified atom stereocenters. The monoisotopic (exact) mass is 468 g/mol. The molecule has 4 aromatic rings. The second kappa shape index (κ2) is 8.20. The van der Waals surface area contributed by atoms with Gasteiger partial charge in [-0.1, -0.05) is 42.5 Å². The van der Waals surface area contributed by atoms with Crippen LogP contribution in [-0.4, -0.2) is 31.4 Å². The molecule has 7 heteroatoms. The predicted molar refractivity (Wildman–Crippen MR) is 131 cm³/mol. The van der Waals surface area contributed by atoms with E-state index in [1.54, 1.807) is 0 Å². The lowest BCUT2D eigenvalue weighted by Gasteiger charge is -2.35. The van der Waals surface area contributed by atoms with Crippen molar-refractivity contribution in [3.63, 3.8) is 0 Å². The van der Waals surface area contributed by atoms with E-state index in [-0.39, 0.29) is 17.3 Å². The lowest BCUT2D eigenvalue weighted by molar-refractivity contribution is 0.0242. The van der Waals surface area contributed by atoms with E-state index in [0.717, 1.165) is 40.4 Å². The molecule has 3 heterocycles. The van der Waals surface area contributed by atoms with Crippen molar-refractivity contribution in [1.29, 1.82) is 0 Å². The summed E-state index contributed by atoms with van der Waals surface area (Å²) in [5.74, 6) is 2.46. The largest absolute Gasteiger partial charge is 0.489 e. The molecule has 2 atom stereocenters. The van der Waals surface area contributed by atoms with Crippen LogP contribution in [0, 0.1) is 0 Å². The molecule has 7 nitrogen and oxygen atoms in total. The minimum Gasteiger partial charge on any atom is -0.489 e.